The molecule has 1 unspecified atom stereocenters. The van der Waals surface area contributed by atoms with E-state index in [4.69, 9.17) is 4.74 Å². The Morgan fingerprint density at radius 2 is 1.45 bits per heavy atom. The average Bonchev–Trinajstić information content (AvgIpc) is 3.60. The molecule has 7 nitrogen and oxygen atoms in total. The minimum Gasteiger partial charge on any atom is -0.492 e. The van der Waals surface area contributed by atoms with E-state index in [1.807, 2.05) is 66.0 Å². The number of nitrogens with zero attached hydrogens (tertiary/aromatic N) is 1. The Hall–Kier alpha value is -5.21. The average molecular weight is 605 g/mol. The van der Waals surface area contributed by atoms with Gasteiger partial charge in [0.25, 0.3) is 5.91 Å². The quantitative estimate of drug-likeness (QED) is 0.135. The summed E-state index contributed by atoms with van der Waals surface area (Å²) in [7, 11) is 0. The summed E-state index contributed by atoms with van der Waals surface area (Å²) in [5, 5.41) is 14.9. The summed E-state index contributed by atoms with van der Waals surface area (Å²) in [6.07, 6.45) is 0.198. The van der Waals surface area contributed by atoms with Gasteiger partial charge >= 0.3 is 5.97 Å². The van der Waals surface area contributed by atoms with Crippen molar-refractivity contribution in [2.45, 2.75) is 19.0 Å². The number of benzene rings is 4. The van der Waals surface area contributed by atoms with Gasteiger partial charge in [0, 0.05) is 29.8 Å². The van der Waals surface area contributed by atoms with Gasteiger partial charge in [-0.3, -0.25) is 9.59 Å². The molecule has 0 aliphatic heterocycles. The van der Waals surface area contributed by atoms with E-state index in [9.17, 15) is 19.5 Å². The van der Waals surface area contributed by atoms with Crippen molar-refractivity contribution in [2.24, 2.45) is 0 Å². The number of aliphatic carboxylic acids is 1. The molecule has 1 heterocycles. The first-order valence-corrected chi connectivity index (χ1v) is 15.1. The fourth-order valence-electron chi connectivity index (χ4n) is 4.78. The van der Waals surface area contributed by atoms with Crippen LogP contribution in [0.5, 0.6) is 5.75 Å². The number of carboxylic acids is 1. The van der Waals surface area contributed by atoms with Gasteiger partial charge in [-0.05, 0) is 46.8 Å². The van der Waals surface area contributed by atoms with E-state index >= 15 is 0 Å². The Morgan fingerprint density at radius 1 is 0.773 bits per heavy atom. The number of para-hydroxylation sites is 1. The maximum absolute atomic E-state index is 13.1. The van der Waals surface area contributed by atoms with Gasteiger partial charge in [0.15, 0.2) is 5.78 Å². The van der Waals surface area contributed by atoms with Crippen molar-refractivity contribution in [3.8, 4) is 5.75 Å². The summed E-state index contributed by atoms with van der Waals surface area (Å²) in [4.78, 5) is 40.9. The second-order valence-corrected chi connectivity index (χ2v) is 11.1. The Balaban J connectivity index is 1.20. The van der Waals surface area contributed by atoms with Gasteiger partial charge in [-0.15, -0.1) is 11.3 Å². The van der Waals surface area contributed by atoms with Crippen LogP contribution in [0.1, 0.15) is 36.7 Å². The van der Waals surface area contributed by atoms with Gasteiger partial charge in [-0.25, -0.2) is 4.79 Å². The van der Waals surface area contributed by atoms with Crippen LogP contribution < -0.4 is 10.1 Å². The third-order valence-electron chi connectivity index (χ3n) is 7.06. The van der Waals surface area contributed by atoms with Crippen LogP contribution >= 0.6 is 11.3 Å². The van der Waals surface area contributed by atoms with Crippen molar-refractivity contribution in [1.29, 1.82) is 0 Å². The molecule has 1 atom stereocenters. The number of ether oxygens (including phenoxy) is 1. The zero-order valence-electron chi connectivity index (χ0n) is 24.0. The highest BCUT2D eigenvalue weighted by molar-refractivity contribution is 7.12. The van der Waals surface area contributed by atoms with Crippen LogP contribution in [0, 0.1) is 0 Å². The number of hydrogen-bond acceptors (Lipinski definition) is 6. The van der Waals surface area contributed by atoms with Crippen LogP contribution in [0.25, 0.3) is 0 Å². The first kappa shape index (κ1) is 30.3. The Labute approximate surface area is 260 Å². The molecule has 4 aromatic carbocycles. The fraction of sp³-hybridized carbons (Fsp3) is 0.139. The van der Waals surface area contributed by atoms with Crippen molar-refractivity contribution in [3.63, 3.8) is 0 Å². The molecule has 5 rings (SSSR count). The summed E-state index contributed by atoms with van der Waals surface area (Å²) in [6.45, 7) is 1.18. The zero-order valence-corrected chi connectivity index (χ0v) is 24.8. The summed E-state index contributed by atoms with van der Waals surface area (Å²) < 4.78 is 5.97. The van der Waals surface area contributed by atoms with Crippen LogP contribution in [0.4, 0.5) is 5.69 Å². The largest absolute Gasteiger partial charge is 0.492 e. The van der Waals surface area contributed by atoms with E-state index in [-0.39, 0.29) is 18.1 Å². The smallest absolute Gasteiger partial charge is 0.326 e. The number of thiophene rings is 1. The van der Waals surface area contributed by atoms with Crippen LogP contribution in [-0.4, -0.2) is 46.9 Å². The number of anilines is 1. The third kappa shape index (κ3) is 7.99. The van der Waals surface area contributed by atoms with E-state index in [2.05, 4.69) is 5.32 Å². The molecule has 0 bridgehead atoms. The summed E-state index contributed by atoms with van der Waals surface area (Å²) >= 11 is 1.41. The molecule has 0 saturated carbocycles. The van der Waals surface area contributed by atoms with Crippen molar-refractivity contribution < 1.29 is 24.2 Å². The topological polar surface area (TPSA) is 95.9 Å². The minimum absolute atomic E-state index is 0.0398. The highest BCUT2D eigenvalue weighted by Crippen LogP contribution is 2.22. The number of amides is 1. The van der Waals surface area contributed by atoms with Crippen LogP contribution in [0.3, 0.4) is 0 Å². The van der Waals surface area contributed by atoms with Crippen molar-refractivity contribution >= 4 is 34.7 Å². The second-order valence-electron chi connectivity index (χ2n) is 10.2. The number of carbonyl (C=O) groups excluding carboxylic acids is 2. The molecular formula is C36H32N2O5S. The molecule has 1 amide bonds. The number of ketones is 1. The fourth-order valence-corrected chi connectivity index (χ4v) is 5.47. The lowest BCUT2D eigenvalue weighted by Crippen LogP contribution is -2.33. The molecule has 44 heavy (non-hydrogen) atoms. The van der Waals surface area contributed by atoms with E-state index < -0.39 is 12.0 Å². The number of nitrogens with one attached hydrogen (secondary N) is 1. The van der Waals surface area contributed by atoms with E-state index in [1.165, 1.54) is 11.3 Å². The van der Waals surface area contributed by atoms with E-state index in [0.717, 1.165) is 11.1 Å². The first-order valence-electron chi connectivity index (χ1n) is 14.2. The SMILES string of the molecule is O=C(c1ccccc1)c1ccccc1NC(Cc1ccc(OCCN(Cc2ccccc2)C(=O)c2cccs2)cc1)C(=O)O. The number of carboxylic acid groups (broad SMARTS) is 1. The summed E-state index contributed by atoms with van der Waals surface area (Å²) in [5.74, 6) is -0.627. The van der Waals surface area contributed by atoms with Gasteiger partial charge in [0.2, 0.25) is 0 Å². The lowest BCUT2D eigenvalue weighted by atomic mass is 10.00. The summed E-state index contributed by atoms with van der Waals surface area (Å²) in [6, 6.07) is 35.6. The standard InChI is InChI=1S/C36H32N2O5S/c39-34(28-12-5-2-6-13-28)30-14-7-8-15-31(30)37-32(36(41)42)24-26-17-19-29(20-18-26)43-22-21-38(25-27-10-3-1-4-11-27)35(40)33-16-9-23-44-33/h1-20,23,32,37H,21-22,24-25H2,(H,41,42). The van der Waals surface area contributed by atoms with Crippen molar-refractivity contribution in [3.05, 3.63) is 154 Å². The normalized spacial score (nSPS) is 11.4. The van der Waals surface area contributed by atoms with Crippen LogP contribution in [0.15, 0.2) is 127 Å². The van der Waals surface area contributed by atoms with E-state index in [0.29, 0.717) is 47.1 Å². The Kier molecular flexibility index (Phi) is 10.2. The molecular weight excluding hydrogens is 572 g/mol. The summed E-state index contributed by atoms with van der Waals surface area (Å²) in [5.41, 5.74) is 3.24. The number of rotatable bonds is 14. The molecule has 8 heteroatoms. The van der Waals surface area contributed by atoms with Crippen molar-refractivity contribution in [2.75, 3.05) is 18.5 Å². The second kappa shape index (κ2) is 14.8. The maximum atomic E-state index is 13.1. The van der Waals surface area contributed by atoms with Gasteiger partial charge in [0.05, 0.1) is 11.4 Å². The molecule has 5 aromatic rings. The molecule has 222 valence electrons. The monoisotopic (exact) mass is 604 g/mol. The van der Waals surface area contributed by atoms with Crippen LogP contribution in [0.2, 0.25) is 0 Å². The first-order chi connectivity index (χ1) is 21.5. The molecule has 0 radical (unpaired) electrons. The van der Waals surface area contributed by atoms with Crippen molar-refractivity contribution in [1.82, 2.24) is 4.90 Å². The third-order valence-corrected chi connectivity index (χ3v) is 7.92. The molecule has 0 aliphatic carbocycles. The molecule has 0 spiro atoms. The lowest BCUT2D eigenvalue weighted by Gasteiger charge is -2.22. The number of hydrogen-bond donors (Lipinski definition) is 2. The number of carbonyl (C=O) groups is 3. The van der Waals surface area contributed by atoms with Gasteiger partial charge in [-0.1, -0.05) is 91.0 Å². The predicted octanol–water partition coefficient (Wildman–Crippen LogP) is 6.81. The van der Waals surface area contributed by atoms with E-state index in [1.54, 1.807) is 65.6 Å². The Morgan fingerprint density at radius 3 is 2.14 bits per heavy atom. The Bertz CT molecular complexity index is 1670. The predicted molar refractivity (Wildman–Crippen MR) is 173 cm³/mol. The van der Waals surface area contributed by atoms with Gasteiger partial charge < -0.3 is 20.1 Å². The lowest BCUT2D eigenvalue weighted by molar-refractivity contribution is -0.137. The molecule has 0 saturated heterocycles. The minimum atomic E-state index is -1.03. The highest BCUT2D eigenvalue weighted by Gasteiger charge is 2.22. The maximum Gasteiger partial charge on any atom is 0.326 e. The van der Waals surface area contributed by atoms with Gasteiger partial charge in [0.1, 0.15) is 18.4 Å². The molecule has 2 N–H and O–H groups in total. The zero-order chi connectivity index (χ0) is 30.7. The molecule has 0 fully saturated rings. The van der Waals surface area contributed by atoms with Gasteiger partial charge in [-0.2, -0.15) is 0 Å². The molecule has 0 aliphatic rings. The molecule has 1 aromatic heterocycles. The highest BCUT2D eigenvalue weighted by atomic mass is 32.1. The van der Waals surface area contributed by atoms with Crippen LogP contribution in [-0.2, 0) is 17.8 Å².